The van der Waals surface area contributed by atoms with Crippen LogP contribution in [0.15, 0.2) is 72.8 Å². The lowest BCUT2D eigenvalue weighted by atomic mass is 9.90. The lowest BCUT2D eigenvalue weighted by Gasteiger charge is -2.18. The van der Waals surface area contributed by atoms with Crippen molar-refractivity contribution in [1.82, 2.24) is 25.1 Å². The van der Waals surface area contributed by atoms with Crippen molar-refractivity contribution in [2.24, 2.45) is 0 Å². The average Bonchev–Trinajstić information content (AvgIpc) is 3.16. The van der Waals surface area contributed by atoms with Crippen molar-refractivity contribution >= 4 is 11.7 Å². The van der Waals surface area contributed by atoms with Gasteiger partial charge in [-0.05, 0) is 38.0 Å². The van der Waals surface area contributed by atoms with E-state index in [1.165, 1.54) is 0 Å². The van der Waals surface area contributed by atoms with Crippen LogP contribution < -0.4 is 10.6 Å². The average molecular weight is 441 g/mol. The number of carbonyl (C=O) groups excluding carboxylic acids is 1. The first-order valence-corrected chi connectivity index (χ1v) is 11.0. The third-order valence-electron chi connectivity index (χ3n) is 5.31. The number of carbonyl (C=O) groups is 1. The Morgan fingerprint density at radius 2 is 1.52 bits per heavy atom. The zero-order valence-electron chi connectivity index (χ0n) is 19.1. The summed E-state index contributed by atoms with van der Waals surface area (Å²) >= 11 is 0. The number of anilines is 1. The maximum absolute atomic E-state index is 13.1. The summed E-state index contributed by atoms with van der Waals surface area (Å²) in [4.78, 5) is 22.1. The number of hydrogen-bond acceptors (Lipinski definition) is 5. The number of amides is 1. The number of benzene rings is 2. The van der Waals surface area contributed by atoms with Gasteiger partial charge in [-0.25, -0.2) is 14.6 Å². The standard InChI is InChI=1S/C26H28N6O/c1-18-16-19(2)32(31-18)24-17-23(29-20(3)30-24)27-14-15-28-26(33)25(21-10-6-4-7-11-21)22-12-8-5-9-13-22/h4-13,16-17,25H,14-15H2,1-3H3,(H,28,33)(H,27,29,30). The second-order valence-electron chi connectivity index (χ2n) is 7.97. The van der Waals surface area contributed by atoms with Gasteiger partial charge in [0, 0.05) is 24.8 Å². The Kier molecular flexibility index (Phi) is 6.78. The molecule has 2 N–H and O–H groups in total. The van der Waals surface area contributed by atoms with Crippen molar-refractivity contribution < 1.29 is 4.79 Å². The van der Waals surface area contributed by atoms with E-state index in [2.05, 4.69) is 25.7 Å². The molecule has 0 atom stereocenters. The van der Waals surface area contributed by atoms with E-state index in [1.54, 1.807) is 4.68 Å². The van der Waals surface area contributed by atoms with Crippen LogP contribution in [-0.4, -0.2) is 38.7 Å². The highest BCUT2D eigenvalue weighted by Crippen LogP contribution is 2.24. The van der Waals surface area contributed by atoms with Gasteiger partial charge in [0.25, 0.3) is 0 Å². The molecule has 0 aliphatic carbocycles. The van der Waals surface area contributed by atoms with E-state index in [9.17, 15) is 4.79 Å². The van der Waals surface area contributed by atoms with Crippen molar-refractivity contribution in [3.05, 3.63) is 101 Å². The molecule has 7 heteroatoms. The highest BCUT2D eigenvalue weighted by Gasteiger charge is 2.22. The van der Waals surface area contributed by atoms with Gasteiger partial charge in [-0.1, -0.05) is 60.7 Å². The van der Waals surface area contributed by atoms with Crippen molar-refractivity contribution in [1.29, 1.82) is 0 Å². The lowest BCUT2D eigenvalue weighted by molar-refractivity contribution is -0.121. The fraction of sp³-hybridized carbons (Fsp3) is 0.231. The van der Waals surface area contributed by atoms with Crippen LogP contribution in [0.3, 0.4) is 0 Å². The van der Waals surface area contributed by atoms with E-state index < -0.39 is 0 Å². The molecule has 0 aliphatic rings. The number of aryl methyl sites for hydroxylation is 3. The molecule has 0 saturated carbocycles. The number of hydrogen-bond donors (Lipinski definition) is 2. The summed E-state index contributed by atoms with van der Waals surface area (Å²) in [6.45, 7) is 6.81. The van der Waals surface area contributed by atoms with Crippen molar-refractivity contribution in [2.75, 3.05) is 18.4 Å². The molecule has 0 bridgehead atoms. The first-order chi connectivity index (χ1) is 16.0. The fourth-order valence-corrected chi connectivity index (χ4v) is 3.88. The van der Waals surface area contributed by atoms with Crippen LogP contribution >= 0.6 is 0 Å². The molecule has 0 saturated heterocycles. The molecule has 0 radical (unpaired) electrons. The monoisotopic (exact) mass is 440 g/mol. The van der Waals surface area contributed by atoms with Crippen LogP contribution in [0, 0.1) is 20.8 Å². The molecule has 1 amide bonds. The van der Waals surface area contributed by atoms with E-state index in [4.69, 9.17) is 0 Å². The van der Waals surface area contributed by atoms with Gasteiger partial charge in [-0.15, -0.1) is 0 Å². The maximum Gasteiger partial charge on any atom is 0.232 e. The van der Waals surface area contributed by atoms with E-state index >= 15 is 0 Å². The van der Waals surface area contributed by atoms with Crippen molar-refractivity contribution in [2.45, 2.75) is 26.7 Å². The molecule has 0 unspecified atom stereocenters. The SMILES string of the molecule is Cc1cc(C)n(-c2cc(NCCNC(=O)C(c3ccccc3)c3ccccc3)nc(C)n2)n1. The molecule has 7 nitrogen and oxygen atoms in total. The second-order valence-corrected chi connectivity index (χ2v) is 7.97. The quantitative estimate of drug-likeness (QED) is 0.405. The van der Waals surface area contributed by atoms with E-state index in [1.807, 2.05) is 93.6 Å². The van der Waals surface area contributed by atoms with Gasteiger partial charge >= 0.3 is 0 Å². The summed E-state index contributed by atoms with van der Waals surface area (Å²) in [5.74, 6) is 1.68. The first-order valence-electron chi connectivity index (χ1n) is 11.0. The van der Waals surface area contributed by atoms with Crippen LogP contribution in [0.4, 0.5) is 5.82 Å². The Morgan fingerprint density at radius 1 is 0.879 bits per heavy atom. The summed E-state index contributed by atoms with van der Waals surface area (Å²) in [6, 6.07) is 23.6. The molecule has 4 rings (SSSR count). The maximum atomic E-state index is 13.1. The molecule has 2 aromatic heterocycles. The zero-order valence-corrected chi connectivity index (χ0v) is 19.1. The second kappa shape index (κ2) is 10.1. The van der Waals surface area contributed by atoms with E-state index in [0.29, 0.717) is 30.5 Å². The van der Waals surface area contributed by atoms with Gasteiger partial charge in [-0.2, -0.15) is 5.10 Å². The lowest BCUT2D eigenvalue weighted by Crippen LogP contribution is -2.33. The third kappa shape index (κ3) is 5.44. The third-order valence-corrected chi connectivity index (χ3v) is 5.31. The van der Waals surface area contributed by atoms with E-state index in [0.717, 1.165) is 22.5 Å². The van der Waals surface area contributed by atoms with Gasteiger partial charge in [0.1, 0.15) is 11.6 Å². The number of nitrogens with one attached hydrogen (secondary N) is 2. The van der Waals surface area contributed by atoms with Crippen molar-refractivity contribution in [3.8, 4) is 5.82 Å². The Bertz CT molecular complexity index is 1180. The summed E-state index contributed by atoms with van der Waals surface area (Å²) in [5.41, 5.74) is 3.88. The topological polar surface area (TPSA) is 84.7 Å². The smallest absolute Gasteiger partial charge is 0.232 e. The predicted octanol–water partition coefficient (Wildman–Crippen LogP) is 3.95. The Labute approximate surface area is 193 Å². The molecular weight excluding hydrogens is 412 g/mol. The van der Waals surface area contributed by atoms with Crippen LogP contribution in [0.1, 0.15) is 34.3 Å². The minimum atomic E-state index is -0.355. The van der Waals surface area contributed by atoms with Gasteiger partial charge in [0.05, 0.1) is 11.6 Å². The van der Waals surface area contributed by atoms with Crippen molar-refractivity contribution in [3.63, 3.8) is 0 Å². The number of aromatic nitrogens is 4. The largest absolute Gasteiger partial charge is 0.368 e. The normalized spacial score (nSPS) is 10.9. The predicted molar refractivity (Wildman–Crippen MR) is 130 cm³/mol. The Morgan fingerprint density at radius 3 is 2.09 bits per heavy atom. The minimum absolute atomic E-state index is 0.0311. The summed E-state index contributed by atoms with van der Waals surface area (Å²) in [5, 5.41) is 10.9. The molecule has 0 fully saturated rings. The zero-order chi connectivity index (χ0) is 23.2. The highest BCUT2D eigenvalue weighted by molar-refractivity contribution is 5.87. The molecule has 0 spiro atoms. The van der Waals surface area contributed by atoms with E-state index in [-0.39, 0.29) is 11.8 Å². The molecule has 0 aliphatic heterocycles. The van der Waals surface area contributed by atoms with Gasteiger partial charge in [0.15, 0.2) is 5.82 Å². The molecule has 4 aromatic rings. The molecule has 168 valence electrons. The highest BCUT2D eigenvalue weighted by atomic mass is 16.1. The molecule has 2 aromatic carbocycles. The molecular formula is C26H28N6O. The summed E-state index contributed by atoms with van der Waals surface area (Å²) in [6.07, 6.45) is 0. The molecule has 33 heavy (non-hydrogen) atoms. The number of nitrogens with zero attached hydrogens (tertiary/aromatic N) is 4. The van der Waals surface area contributed by atoms with Crippen LogP contribution in [-0.2, 0) is 4.79 Å². The van der Waals surface area contributed by atoms with Crippen LogP contribution in [0.25, 0.3) is 5.82 Å². The van der Waals surface area contributed by atoms with Gasteiger partial charge in [0.2, 0.25) is 5.91 Å². The van der Waals surface area contributed by atoms with Gasteiger partial charge in [-0.3, -0.25) is 4.79 Å². The summed E-state index contributed by atoms with van der Waals surface area (Å²) in [7, 11) is 0. The molecule has 2 heterocycles. The fourth-order valence-electron chi connectivity index (χ4n) is 3.88. The minimum Gasteiger partial charge on any atom is -0.368 e. The summed E-state index contributed by atoms with van der Waals surface area (Å²) < 4.78 is 1.81. The Balaban J connectivity index is 1.41. The number of rotatable bonds is 8. The van der Waals surface area contributed by atoms with Gasteiger partial charge < -0.3 is 10.6 Å². The Hall–Kier alpha value is -4.00. The van der Waals surface area contributed by atoms with Crippen LogP contribution in [0.5, 0.6) is 0 Å². The first kappa shape index (κ1) is 22.2. The van der Waals surface area contributed by atoms with Crippen LogP contribution in [0.2, 0.25) is 0 Å².